The van der Waals surface area contributed by atoms with E-state index >= 15 is 8.78 Å². The molecule has 0 unspecified atom stereocenters. The van der Waals surface area contributed by atoms with Crippen LogP contribution in [0.15, 0.2) is 23.8 Å². The summed E-state index contributed by atoms with van der Waals surface area (Å²) in [5, 5.41) is 10.7. The zero-order valence-corrected chi connectivity index (χ0v) is 20.6. The minimum atomic E-state index is -2.30. The Hall–Kier alpha value is -1.61. The molecule has 9 atom stereocenters. The lowest BCUT2D eigenvalue weighted by molar-refractivity contribution is -0.228. The van der Waals surface area contributed by atoms with Gasteiger partial charge in [0.15, 0.2) is 17.1 Å². The summed E-state index contributed by atoms with van der Waals surface area (Å²) in [5.74, 6) is -3.30. The molecule has 3 fully saturated rings. The first kappa shape index (κ1) is 25.5. The molecule has 1 N–H and O–H groups in total. The third kappa shape index (κ3) is 3.01. The highest BCUT2D eigenvalue weighted by Gasteiger charge is 2.78. The van der Waals surface area contributed by atoms with Crippen molar-refractivity contribution in [2.24, 2.45) is 28.6 Å². The van der Waals surface area contributed by atoms with Crippen molar-refractivity contribution < 1.29 is 37.4 Å². The van der Waals surface area contributed by atoms with Gasteiger partial charge < -0.3 is 9.84 Å². The first-order chi connectivity index (χ1) is 15.8. The molecular weight excluding hydrogens is 469 g/mol. The molecule has 0 aromatic rings. The standard InChI is InChI=1S/C25H31F3O5S/c1-5-20(31)33-25(21(32)34-12-26)13(2)8-15-16-10-18(27)17-9-14(29)6-7-22(17,3)24(16,28)19(30)11-23(15,25)4/h6-7,9,13,15-16,18-19,30H,5,8,10-12H2,1-4H3/t13-,15-,16-,18+,19+,22+,23-,24-,25-/m1/s1. The Kier molecular flexibility index (Phi) is 6.16. The fraction of sp³-hybridized carbons (Fsp3) is 0.720. The lowest BCUT2D eigenvalue weighted by atomic mass is 9.44. The fourth-order valence-corrected chi connectivity index (χ4v) is 8.42. The van der Waals surface area contributed by atoms with Crippen molar-refractivity contribution >= 4 is 28.6 Å². The van der Waals surface area contributed by atoms with Crippen LogP contribution in [0.4, 0.5) is 13.2 Å². The third-order valence-electron chi connectivity index (χ3n) is 9.22. The number of halogens is 3. The maximum absolute atomic E-state index is 17.2. The summed E-state index contributed by atoms with van der Waals surface area (Å²) in [6.45, 7) is 6.45. The lowest BCUT2D eigenvalue weighted by Crippen LogP contribution is -2.70. The lowest BCUT2D eigenvalue weighted by Gasteiger charge is -2.63. The topological polar surface area (TPSA) is 80.7 Å². The number of hydrogen-bond acceptors (Lipinski definition) is 6. The number of carbonyl (C=O) groups excluding carboxylic acids is 3. The van der Waals surface area contributed by atoms with Crippen LogP contribution in [0.3, 0.4) is 0 Å². The van der Waals surface area contributed by atoms with Gasteiger partial charge in [0.05, 0.1) is 6.10 Å². The van der Waals surface area contributed by atoms with Crippen LogP contribution in [0.5, 0.6) is 0 Å². The van der Waals surface area contributed by atoms with E-state index in [0.29, 0.717) is 11.8 Å². The van der Waals surface area contributed by atoms with Crippen molar-refractivity contribution in [3.8, 4) is 0 Å². The number of esters is 1. The highest BCUT2D eigenvalue weighted by atomic mass is 32.2. The summed E-state index contributed by atoms with van der Waals surface area (Å²) in [4.78, 5) is 37.8. The molecule has 0 spiro atoms. The second-order valence-corrected chi connectivity index (χ2v) is 11.5. The Morgan fingerprint density at radius 1 is 1.26 bits per heavy atom. The number of allylic oxidation sites excluding steroid dienone is 4. The van der Waals surface area contributed by atoms with Crippen molar-refractivity contribution in [3.05, 3.63) is 23.8 Å². The van der Waals surface area contributed by atoms with E-state index in [4.69, 9.17) is 4.74 Å². The van der Waals surface area contributed by atoms with Crippen molar-refractivity contribution in [1.29, 1.82) is 0 Å². The molecule has 0 radical (unpaired) electrons. The van der Waals surface area contributed by atoms with Crippen LogP contribution >= 0.6 is 11.8 Å². The van der Waals surface area contributed by atoms with E-state index in [9.17, 15) is 23.9 Å². The van der Waals surface area contributed by atoms with Crippen molar-refractivity contribution in [2.75, 3.05) is 6.01 Å². The molecule has 0 saturated heterocycles. The van der Waals surface area contributed by atoms with Crippen LogP contribution in [0.25, 0.3) is 0 Å². The van der Waals surface area contributed by atoms with Gasteiger partial charge in [0.1, 0.15) is 12.2 Å². The second kappa shape index (κ2) is 8.22. The second-order valence-electron chi connectivity index (χ2n) is 10.6. The Morgan fingerprint density at radius 2 is 1.94 bits per heavy atom. The van der Waals surface area contributed by atoms with Crippen LogP contribution in [0, 0.1) is 28.6 Å². The minimum absolute atomic E-state index is 0.0141. The van der Waals surface area contributed by atoms with Gasteiger partial charge in [-0.3, -0.25) is 14.4 Å². The van der Waals surface area contributed by atoms with E-state index in [1.54, 1.807) is 20.8 Å². The maximum Gasteiger partial charge on any atom is 0.306 e. The van der Waals surface area contributed by atoms with Crippen molar-refractivity contribution in [3.63, 3.8) is 0 Å². The number of aliphatic hydroxyl groups is 1. The normalized spacial score (nSPS) is 47.4. The quantitative estimate of drug-likeness (QED) is 0.576. The van der Waals surface area contributed by atoms with Gasteiger partial charge >= 0.3 is 5.97 Å². The first-order valence-electron chi connectivity index (χ1n) is 11.7. The number of fused-ring (bicyclic) bond motifs is 5. The van der Waals surface area contributed by atoms with Gasteiger partial charge in [-0.05, 0) is 61.6 Å². The van der Waals surface area contributed by atoms with Gasteiger partial charge in [-0.2, -0.15) is 0 Å². The maximum atomic E-state index is 17.2. The van der Waals surface area contributed by atoms with Crippen molar-refractivity contribution in [1.82, 2.24) is 0 Å². The summed E-state index contributed by atoms with van der Waals surface area (Å²) in [5.41, 5.74) is -6.84. The molecule has 4 aliphatic rings. The molecule has 5 nitrogen and oxygen atoms in total. The Balaban J connectivity index is 1.87. The predicted octanol–water partition coefficient (Wildman–Crippen LogP) is 4.43. The summed E-state index contributed by atoms with van der Waals surface area (Å²) >= 11 is 0.396. The minimum Gasteiger partial charge on any atom is -0.449 e. The molecule has 3 saturated carbocycles. The van der Waals surface area contributed by atoms with Gasteiger partial charge in [-0.1, -0.05) is 26.8 Å². The zero-order valence-electron chi connectivity index (χ0n) is 19.8. The smallest absolute Gasteiger partial charge is 0.306 e. The van der Waals surface area contributed by atoms with E-state index in [-0.39, 0.29) is 31.3 Å². The monoisotopic (exact) mass is 500 g/mol. The highest BCUT2D eigenvalue weighted by Crippen LogP contribution is 2.72. The number of aliphatic hydroxyl groups excluding tert-OH is 1. The molecule has 0 aliphatic heterocycles. The molecular formula is C25H31F3O5S. The largest absolute Gasteiger partial charge is 0.449 e. The fourth-order valence-electron chi connectivity index (χ4n) is 7.63. The highest BCUT2D eigenvalue weighted by molar-refractivity contribution is 8.13. The van der Waals surface area contributed by atoms with Gasteiger partial charge in [0.2, 0.25) is 5.12 Å². The van der Waals surface area contributed by atoms with Crippen LogP contribution in [-0.2, 0) is 19.1 Å². The van der Waals surface area contributed by atoms with Gasteiger partial charge in [0.25, 0.3) is 0 Å². The van der Waals surface area contributed by atoms with E-state index in [0.717, 1.165) is 6.08 Å². The summed E-state index contributed by atoms with van der Waals surface area (Å²) in [6.07, 6.45) is 0.160. The van der Waals surface area contributed by atoms with Crippen LogP contribution in [-0.4, -0.2) is 51.5 Å². The molecule has 0 amide bonds. The molecule has 4 aliphatic carbocycles. The van der Waals surface area contributed by atoms with Crippen LogP contribution < -0.4 is 0 Å². The summed E-state index contributed by atoms with van der Waals surface area (Å²) in [7, 11) is 0. The molecule has 0 aromatic carbocycles. The predicted molar refractivity (Wildman–Crippen MR) is 121 cm³/mol. The number of rotatable bonds is 4. The van der Waals surface area contributed by atoms with Gasteiger partial charge in [0, 0.05) is 29.1 Å². The van der Waals surface area contributed by atoms with E-state index < -0.39 is 75.0 Å². The number of ketones is 1. The number of ether oxygens (including phenoxy) is 1. The Bertz CT molecular complexity index is 984. The number of alkyl halides is 3. The summed E-state index contributed by atoms with van der Waals surface area (Å²) in [6, 6.07) is -1.02. The third-order valence-corrected chi connectivity index (χ3v) is 9.90. The molecule has 0 heterocycles. The number of carbonyl (C=O) groups is 3. The van der Waals surface area contributed by atoms with E-state index in [1.165, 1.54) is 19.1 Å². The molecule has 0 aromatic heterocycles. The molecule has 0 bridgehead atoms. The van der Waals surface area contributed by atoms with Crippen LogP contribution in [0.2, 0.25) is 0 Å². The van der Waals surface area contributed by atoms with Crippen LogP contribution in [0.1, 0.15) is 53.4 Å². The Morgan fingerprint density at radius 3 is 2.56 bits per heavy atom. The summed E-state index contributed by atoms with van der Waals surface area (Å²) < 4.78 is 51.8. The zero-order chi connectivity index (χ0) is 25.3. The SMILES string of the molecule is CCC(=O)O[C@@]1(C(=O)SCF)[C@H](C)C[C@@H]2[C@H]3C[C@H](F)C4=CC(=O)C=C[C@]4(C)[C@]3(F)[C@@H](O)C[C@]21C. The van der Waals surface area contributed by atoms with E-state index in [1.807, 2.05) is 0 Å². The van der Waals surface area contributed by atoms with Gasteiger partial charge in [-0.15, -0.1) is 0 Å². The number of hydrogen-bond donors (Lipinski definition) is 1. The molecule has 34 heavy (non-hydrogen) atoms. The average Bonchev–Trinajstić information content (AvgIpc) is 2.99. The number of thioether (sulfide) groups is 1. The van der Waals surface area contributed by atoms with Crippen molar-refractivity contribution in [2.45, 2.75) is 76.9 Å². The molecule has 4 rings (SSSR count). The van der Waals surface area contributed by atoms with E-state index in [2.05, 4.69) is 0 Å². The molecule has 9 heteroatoms. The average molecular weight is 501 g/mol. The van der Waals surface area contributed by atoms with Gasteiger partial charge in [-0.25, -0.2) is 13.2 Å². The Labute approximate surface area is 201 Å². The molecule has 188 valence electrons. The first-order valence-corrected chi connectivity index (χ1v) is 12.7.